The van der Waals surface area contributed by atoms with E-state index < -0.39 is 23.8 Å². The second kappa shape index (κ2) is 12.5. The quantitative estimate of drug-likeness (QED) is 0.321. The molecule has 1 saturated heterocycles. The molecule has 0 unspecified atom stereocenters. The molecule has 3 heterocycles. The number of anilines is 3. The monoisotopic (exact) mass is 562 g/mol. The fourth-order valence-electron chi connectivity index (χ4n) is 3.76. The molecule has 4 aromatic rings. The van der Waals surface area contributed by atoms with Crippen molar-refractivity contribution in [3.63, 3.8) is 0 Å². The topological polar surface area (TPSA) is 105 Å². The maximum Gasteiger partial charge on any atom is 0.490 e. The summed E-state index contributed by atoms with van der Waals surface area (Å²) in [4.78, 5) is 23.3. The lowest BCUT2D eigenvalue weighted by atomic mass is 10.1. The van der Waals surface area contributed by atoms with E-state index in [0.717, 1.165) is 17.4 Å². The van der Waals surface area contributed by atoms with Gasteiger partial charge in [0.2, 0.25) is 5.95 Å². The van der Waals surface area contributed by atoms with Crippen molar-refractivity contribution in [1.82, 2.24) is 19.5 Å². The molecule has 1 fully saturated rings. The van der Waals surface area contributed by atoms with Gasteiger partial charge in [-0.2, -0.15) is 13.2 Å². The summed E-state index contributed by atoms with van der Waals surface area (Å²) in [6, 6.07) is 12.2. The number of hydrogen-bond donors (Lipinski definition) is 2. The number of nitrogens with zero attached hydrogens (tertiary/aromatic N) is 5. The van der Waals surface area contributed by atoms with Crippen LogP contribution in [0.1, 0.15) is 5.56 Å². The molecule has 210 valence electrons. The van der Waals surface area contributed by atoms with Crippen molar-refractivity contribution in [2.45, 2.75) is 12.7 Å². The molecule has 0 saturated carbocycles. The van der Waals surface area contributed by atoms with E-state index in [1.165, 1.54) is 12.1 Å². The van der Waals surface area contributed by atoms with E-state index >= 15 is 0 Å². The number of alkyl halides is 3. The highest BCUT2D eigenvalue weighted by molar-refractivity contribution is 5.73. The lowest BCUT2D eigenvalue weighted by Crippen LogP contribution is -2.36. The van der Waals surface area contributed by atoms with Gasteiger partial charge >= 0.3 is 12.1 Å². The highest BCUT2D eigenvalue weighted by Gasteiger charge is 2.38. The van der Waals surface area contributed by atoms with Crippen LogP contribution in [0, 0.1) is 11.6 Å². The minimum absolute atomic E-state index is 0.0400. The van der Waals surface area contributed by atoms with Crippen LogP contribution < -0.4 is 10.2 Å². The maximum atomic E-state index is 14.6. The maximum absolute atomic E-state index is 14.6. The second-order valence-electron chi connectivity index (χ2n) is 8.55. The number of morpholine rings is 1. The van der Waals surface area contributed by atoms with Crippen molar-refractivity contribution in [1.29, 1.82) is 0 Å². The number of carbonyl (C=O) groups is 1. The Morgan fingerprint density at radius 3 is 2.40 bits per heavy atom. The molecular weight excluding hydrogens is 539 g/mol. The van der Waals surface area contributed by atoms with Gasteiger partial charge in [0.25, 0.3) is 0 Å². The van der Waals surface area contributed by atoms with Crippen LogP contribution in [0.15, 0.2) is 67.4 Å². The van der Waals surface area contributed by atoms with Crippen molar-refractivity contribution in [2.75, 3.05) is 36.5 Å². The Balaban J connectivity index is 0.000000470. The minimum Gasteiger partial charge on any atom is -0.475 e. The number of hydrogen-bond acceptors (Lipinski definition) is 7. The molecule has 0 spiro atoms. The Kier molecular flexibility index (Phi) is 8.89. The summed E-state index contributed by atoms with van der Waals surface area (Å²) in [5, 5.41) is 10.2. The van der Waals surface area contributed by atoms with E-state index in [-0.39, 0.29) is 11.6 Å². The largest absolute Gasteiger partial charge is 0.490 e. The molecule has 2 N–H and O–H groups in total. The fourth-order valence-corrected chi connectivity index (χ4v) is 3.76. The van der Waals surface area contributed by atoms with Crippen LogP contribution in [-0.4, -0.2) is 63.1 Å². The lowest BCUT2D eigenvalue weighted by Gasteiger charge is -2.29. The first-order chi connectivity index (χ1) is 19.1. The van der Waals surface area contributed by atoms with Crippen LogP contribution in [0.25, 0.3) is 11.3 Å². The minimum atomic E-state index is -5.08. The van der Waals surface area contributed by atoms with Gasteiger partial charge in [0.1, 0.15) is 11.5 Å². The summed E-state index contributed by atoms with van der Waals surface area (Å²) in [6.07, 6.45) is 1.41. The molecule has 14 heteroatoms. The standard InChI is InChI=1S/C24H22F2N6O.C2HF3O2/c25-19-11-18(12-21(13-19)32-7-9-33-10-8-32)23-22(26)14-28-24(30-23)29-20-3-1-17(2-4-20)15-31-6-5-27-16-31;3-2(4,5)1(6)7/h1-6,11-14,16H,7-10,15H2,(H,28,29,30);(H,6,7). The first-order valence-electron chi connectivity index (χ1n) is 11.9. The molecule has 2 aromatic carbocycles. The molecule has 0 atom stereocenters. The summed E-state index contributed by atoms with van der Waals surface area (Å²) >= 11 is 0. The molecule has 2 aromatic heterocycles. The van der Waals surface area contributed by atoms with Crippen molar-refractivity contribution >= 4 is 23.3 Å². The first kappa shape index (κ1) is 28.4. The van der Waals surface area contributed by atoms with Crippen molar-refractivity contribution in [2.24, 2.45) is 0 Å². The Bertz CT molecular complexity index is 1430. The highest BCUT2D eigenvalue weighted by Crippen LogP contribution is 2.28. The second-order valence-corrected chi connectivity index (χ2v) is 8.55. The molecule has 5 rings (SSSR count). The van der Waals surface area contributed by atoms with Gasteiger partial charge in [0.15, 0.2) is 5.82 Å². The molecular formula is C26H23F5N6O3. The SMILES string of the molecule is Fc1cc(-c2nc(Nc3ccc(Cn4ccnc4)cc3)ncc2F)cc(N2CCOCC2)c1.O=C(O)C(F)(F)F. The average molecular weight is 562 g/mol. The van der Waals surface area contributed by atoms with Crippen LogP contribution in [0.4, 0.5) is 39.3 Å². The van der Waals surface area contributed by atoms with Crippen LogP contribution in [0.2, 0.25) is 0 Å². The summed E-state index contributed by atoms with van der Waals surface area (Å²) in [6.45, 7) is 3.16. The molecule has 1 aliphatic rings. The van der Waals surface area contributed by atoms with Crippen LogP contribution >= 0.6 is 0 Å². The number of rotatable bonds is 6. The van der Waals surface area contributed by atoms with E-state index in [0.29, 0.717) is 44.1 Å². The van der Waals surface area contributed by atoms with Gasteiger partial charge in [0, 0.05) is 49.0 Å². The number of nitrogens with one attached hydrogen (secondary N) is 1. The van der Waals surface area contributed by atoms with E-state index in [9.17, 15) is 22.0 Å². The van der Waals surface area contributed by atoms with E-state index in [1.807, 2.05) is 39.9 Å². The zero-order chi connectivity index (χ0) is 28.7. The predicted molar refractivity (Wildman–Crippen MR) is 135 cm³/mol. The van der Waals surface area contributed by atoms with Crippen molar-refractivity contribution < 1.29 is 36.6 Å². The summed E-state index contributed by atoms with van der Waals surface area (Å²) in [7, 11) is 0. The molecule has 9 nitrogen and oxygen atoms in total. The average Bonchev–Trinajstić information content (AvgIpc) is 3.44. The Hall–Kier alpha value is -4.59. The zero-order valence-electron chi connectivity index (χ0n) is 20.8. The number of ether oxygens (including phenoxy) is 1. The third-order valence-corrected chi connectivity index (χ3v) is 5.65. The van der Waals surface area contributed by atoms with Gasteiger partial charge in [-0.3, -0.25) is 0 Å². The van der Waals surface area contributed by atoms with E-state index in [1.54, 1.807) is 18.6 Å². The van der Waals surface area contributed by atoms with Gasteiger partial charge in [-0.15, -0.1) is 0 Å². The number of benzene rings is 2. The Labute approximate surface area is 224 Å². The van der Waals surface area contributed by atoms with Crippen LogP contribution in [0.3, 0.4) is 0 Å². The normalized spacial score (nSPS) is 13.4. The van der Waals surface area contributed by atoms with Crippen molar-refractivity contribution in [3.8, 4) is 11.3 Å². The number of carboxylic acids is 1. The lowest BCUT2D eigenvalue weighted by molar-refractivity contribution is -0.192. The smallest absolute Gasteiger partial charge is 0.475 e. The van der Waals surface area contributed by atoms with Gasteiger partial charge in [0.05, 0.1) is 25.7 Å². The summed E-state index contributed by atoms with van der Waals surface area (Å²) in [5.41, 5.74) is 2.94. The van der Waals surface area contributed by atoms with E-state index in [2.05, 4.69) is 20.3 Å². The molecule has 0 amide bonds. The molecule has 0 bridgehead atoms. The Morgan fingerprint density at radius 1 is 1.07 bits per heavy atom. The van der Waals surface area contributed by atoms with Crippen molar-refractivity contribution in [3.05, 3.63) is 84.6 Å². The van der Waals surface area contributed by atoms with E-state index in [4.69, 9.17) is 14.6 Å². The third-order valence-electron chi connectivity index (χ3n) is 5.65. The van der Waals surface area contributed by atoms with Gasteiger partial charge in [-0.05, 0) is 35.9 Å². The summed E-state index contributed by atoms with van der Waals surface area (Å²) in [5.74, 6) is -3.59. The van der Waals surface area contributed by atoms with Gasteiger partial charge in [-0.1, -0.05) is 12.1 Å². The predicted octanol–water partition coefficient (Wildman–Crippen LogP) is 4.88. The number of halogens is 5. The zero-order valence-corrected chi connectivity index (χ0v) is 20.8. The third kappa shape index (κ3) is 7.72. The number of aliphatic carboxylic acids is 1. The fraction of sp³-hybridized carbons (Fsp3) is 0.231. The molecule has 40 heavy (non-hydrogen) atoms. The number of carboxylic acid groups (broad SMARTS) is 1. The van der Waals surface area contributed by atoms with Gasteiger partial charge < -0.3 is 24.6 Å². The summed E-state index contributed by atoms with van der Waals surface area (Å²) < 4.78 is 68.1. The highest BCUT2D eigenvalue weighted by atomic mass is 19.4. The first-order valence-corrected chi connectivity index (χ1v) is 11.9. The van der Waals surface area contributed by atoms with Gasteiger partial charge in [-0.25, -0.2) is 28.5 Å². The van der Waals surface area contributed by atoms with Crippen LogP contribution in [0.5, 0.6) is 0 Å². The molecule has 0 aliphatic carbocycles. The molecule has 1 aliphatic heterocycles. The number of imidazole rings is 1. The molecule has 0 radical (unpaired) electrons. The number of aromatic nitrogens is 4. The Morgan fingerprint density at radius 2 is 1.77 bits per heavy atom. The van der Waals surface area contributed by atoms with Crippen LogP contribution in [-0.2, 0) is 16.1 Å².